The third kappa shape index (κ3) is 4.22. The Balaban J connectivity index is 1.51. The second-order valence-corrected chi connectivity index (χ2v) is 6.80. The molecule has 1 fully saturated rings. The van der Waals surface area contributed by atoms with Gasteiger partial charge in [0.2, 0.25) is 0 Å². The maximum absolute atomic E-state index is 6.06. The molecular weight excluding hydrogens is 320 g/mol. The van der Waals surface area contributed by atoms with Crippen molar-refractivity contribution in [3.05, 3.63) is 58.6 Å². The summed E-state index contributed by atoms with van der Waals surface area (Å²) in [5.74, 6) is 0.940. The Kier molecular flexibility index (Phi) is 5.64. The number of ether oxygens (including phenoxy) is 1. The lowest BCUT2D eigenvalue weighted by Gasteiger charge is -2.36. The molecule has 1 aliphatic rings. The summed E-state index contributed by atoms with van der Waals surface area (Å²) < 4.78 is 5.30. The van der Waals surface area contributed by atoms with Gasteiger partial charge in [0.1, 0.15) is 5.75 Å². The fraction of sp³-hybridized carbons (Fsp3) is 0.400. The van der Waals surface area contributed by atoms with Gasteiger partial charge in [0.15, 0.2) is 0 Å². The molecule has 3 rings (SSSR count). The van der Waals surface area contributed by atoms with Crippen molar-refractivity contribution in [2.45, 2.75) is 13.3 Å². The Morgan fingerprint density at radius 2 is 1.83 bits per heavy atom. The Bertz CT molecular complexity index is 681. The first kappa shape index (κ1) is 17.1. The third-order valence-electron chi connectivity index (χ3n) is 4.72. The van der Waals surface area contributed by atoms with E-state index in [1.807, 2.05) is 18.2 Å². The van der Waals surface area contributed by atoms with E-state index < -0.39 is 0 Å². The molecule has 2 aromatic rings. The molecule has 0 aliphatic carbocycles. The molecule has 2 aromatic carbocycles. The van der Waals surface area contributed by atoms with E-state index in [1.165, 1.54) is 16.8 Å². The molecule has 0 bridgehead atoms. The van der Waals surface area contributed by atoms with Crippen LogP contribution in [0.4, 0.5) is 5.69 Å². The molecule has 1 saturated heterocycles. The fourth-order valence-corrected chi connectivity index (χ4v) is 3.53. The van der Waals surface area contributed by atoms with E-state index in [4.69, 9.17) is 16.3 Å². The summed E-state index contributed by atoms with van der Waals surface area (Å²) in [6.07, 6.45) is 1.07. The SMILES string of the molecule is COc1cccc(CCN2CCN(c3ccc(Cl)cc3C)CC2)c1. The zero-order chi connectivity index (χ0) is 16.9. The molecule has 0 atom stereocenters. The van der Waals surface area contributed by atoms with E-state index in [9.17, 15) is 0 Å². The van der Waals surface area contributed by atoms with Crippen LogP contribution in [0.5, 0.6) is 5.75 Å². The lowest BCUT2D eigenvalue weighted by atomic mass is 10.1. The molecule has 128 valence electrons. The lowest BCUT2D eigenvalue weighted by Crippen LogP contribution is -2.47. The molecule has 1 heterocycles. The van der Waals surface area contributed by atoms with Crippen molar-refractivity contribution in [2.24, 2.45) is 0 Å². The molecular formula is C20H25ClN2O. The monoisotopic (exact) mass is 344 g/mol. The predicted molar refractivity (Wildman–Crippen MR) is 102 cm³/mol. The average molecular weight is 345 g/mol. The molecule has 24 heavy (non-hydrogen) atoms. The Hall–Kier alpha value is -1.71. The van der Waals surface area contributed by atoms with Crippen LogP contribution in [0.15, 0.2) is 42.5 Å². The zero-order valence-electron chi connectivity index (χ0n) is 14.5. The van der Waals surface area contributed by atoms with E-state index in [-0.39, 0.29) is 0 Å². The lowest BCUT2D eigenvalue weighted by molar-refractivity contribution is 0.261. The number of halogens is 1. The van der Waals surface area contributed by atoms with E-state index >= 15 is 0 Å². The van der Waals surface area contributed by atoms with E-state index in [1.54, 1.807) is 7.11 Å². The van der Waals surface area contributed by atoms with Crippen LogP contribution in [0, 0.1) is 6.92 Å². The minimum atomic E-state index is 0.813. The number of hydrogen-bond donors (Lipinski definition) is 0. The first-order valence-electron chi connectivity index (χ1n) is 8.52. The Morgan fingerprint density at radius 1 is 1.04 bits per heavy atom. The van der Waals surface area contributed by atoms with E-state index in [0.29, 0.717) is 0 Å². The van der Waals surface area contributed by atoms with Gasteiger partial charge >= 0.3 is 0 Å². The van der Waals surface area contributed by atoms with Gasteiger partial charge in [-0.3, -0.25) is 4.90 Å². The average Bonchev–Trinajstić information content (AvgIpc) is 2.61. The molecule has 0 unspecified atom stereocenters. The number of methoxy groups -OCH3 is 1. The quantitative estimate of drug-likeness (QED) is 0.814. The molecule has 0 radical (unpaired) electrons. The van der Waals surface area contributed by atoms with Crippen molar-refractivity contribution in [3.8, 4) is 5.75 Å². The van der Waals surface area contributed by atoms with Crippen molar-refractivity contribution in [2.75, 3.05) is 44.7 Å². The minimum absolute atomic E-state index is 0.813. The predicted octanol–water partition coefficient (Wildman–Crippen LogP) is 4.02. The maximum Gasteiger partial charge on any atom is 0.119 e. The number of aryl methyl sites for hydroxylation is 1. The van der Waals surface area contributed by atoms with Crippen LogP contribution in [-0.4, -0.2) is 44.7 Å². The fourth-order valence-electron chi connectivity index (χ4n) is 3.30. The second-order valence-electron chi connectivity index (χ2n) is 6.36. The molecule has 0 amide bonds. The van der Waals surface area contributed by atoms with Gasteiger partial charge in [0.25, 0.3) is 0 Å². The topological polar surface area (TPSA) is 15.7 Å². The van der Waals surface area contributed by atoms with Crippen LogP contribution in [0.2, 0.25) is 5.02 Å². The highest BCUT2D eigenvalue weighted by Gasteiger charge is 2.18. The number of piperazine rings is 1. The van der Waals surface area contributed by atoms with E-state index in [0.717, 1.165) is 49.9 Å². The van der Waals surface area contributed by atoms with Crippen molar-refractivity contribution in [3.63, 3.8) is 0 Å². The number of rotatable bonds is 5. The molecule has 0 spiro atoms. The number of nitrogens with zero attached hydrogens (tertiary/aromatic N) is 2. The molecule has 0 saturated carbocycles. The van der Waals surface area contributed by atoms with Gasteiger partial charge in [-0.15, -0.1) is 0 Å². The van der Waals surface area contributed by atoms with Crippen molar-refractivity contribution < 1.29 is 4.74 Å². The summed E-state index contributed by atoms with van der Waals surface area (Å²) in [5.41, 5.74) is 3.91. The second kappa shape index (κ2) is 7.91. The van der Waals surface area contributed by atoms with Crippen molar-refractivity contribution >= 4 is 17.3 Å². The van der Waals surface area contributed by atoms with Crippen LogP contribution in [0.25, 0.3) is 0 Å². The van der Waals surface area contributed by atoms with Crippen LogP contribution < -0.4 is 9.64 Å². The van der Waals surface area contributed by atoms with Gasteiger partial charge < -0.3 is 9.64 Å². The third-order valence-corrected chi connectivity index (χ3v) is 4.96. The highest BCUT2D eigenvalue weighted by molar-refractivity contribution is 6.30. The zero-order valence-corrected chi connectivity index (χ0v) is 15.2. The first-order chi connectivity index (χ1) is 11.7. The molecule has 3 nitrogen and oxygen atoms in total. The smallest absolute Gasteiger partial charge is 0.119 e. The van der Waals surface area contributed by atoms with Crippen LogP contribution >= 0.6 is 11.6 Å². The maximum atomic E-state index is 6.06. The van der Waals surface area contributed by atoms with Gasteiger partial charge in [-0.1, -0.05) is 23.7 Å². The number of benzene rings is 2. The minimum Gasteiger partial charge on any atom is -0.497 e. The summed E-state index contributed by atoms with van der Waals surface area (Å²) in [5, 5.41) is 0.813. The number of hydrogen-bond acceptors (Lipinski definition) is 3. The van der Waals surface area contributed by atoms with Crippen molar-refractivity contribution in [1.29, 1.82) is 0 Å². The van der Waals surface area contributed by atoms with Crippen LogP contribution in [0.1, 0.15) is 11.1 Å². The summed E-state index contributed by atoms with van der Waals surface area (Å²) in [7, 11) is 1.72. The van der Waals surface area contributed by atoms with Gasteiger partial charge in [0, 0.05) is 43.4 Å². The highest BCUT2D eigenvalue weighted by atomic mass is 35.5. The van der Waals surface area contributed by atoms with E-state index in [2.05, 4.69) is 41.0 Å². The molecule has 4 heteroatoms. The summed E-state index contributed by atoms with van der Waals surface area (Å²) in [6, 6.07) is 14.5. The van der Waals surface area contributed by atoms with Crippen LogP contribution in [-0.2, 0) is 6.42 Å². The number of anilines is 1. The Morgan fingerprint density at radius 3 is 2.54 bits per heavy atom. The molecule has 0 aromatic heterocycles. The van der Waals surface area contributed by atoms with Gasteiger partial charge in [-0.25, -0.2) is 0 Å². The molecule has 0 N–H and O–H groups in total. The highest BCUT2D eigenvalue weighted by Crippen LogP contribution is 2.24. The first-order valence-corrected chi connectivity index (χ1v) is 8.90. The Labute approximate surface area is 149 Å². The molecule has 1 aliphatic heterocycles. The van der Waals surface area contributed by atoms with Gasteiger partial charge in [-0.05, 0) is 54.8 Å². The normalized spacial score (nSPS) is 15.5. The van der Waals surface area contributed by atoms with Gasteiger partial charge in [-0.2, -0.15) is 0 Å². The van der Waals surface area contributed by atoms with Crippen LogP contribution in [0.3, 0.4) is 0 Å². The van der Waals surface area contributed by atoms with Gasteiger partial charge in [0.05, 0.1) is 7.11 Å². The summed E-state index contributed by atoms with van der Waals surface area (Å²) >= 11 is 6.06. The summed E-state index contributed by atoms with van der Waals surface area (Å²) in [6.45, 7) is 7.58. The standard InChI is InChI=1S/C20H25ClN2O/c1-16-14-18(21)6-7-20(16)23-12-10-22(11-13-23)9-8-17-4-3-5-19(15-17)24-2/h3-7,14-15H,8-13H2,1-2H3. The largest absolute Gasteiger partial charge is 0.497 e. The van der Waals surface area contributed by atoms with Crippen molar-refractivity contribution in [1.82, 2.24) is 4.90 Å². The summed E-state index contributed by atoms with van der Waals surface area (Å²) in [4.78, 5) is 5.01.